The molecule has 0 saturated heterocycles. The molecule has 0 aromatic heterocycles. The van der Waals surface area contributed by atoms with Crippen LogP contribution in [0.25, 0.3) is 0 Å². The predicted molar refractivity (Wildman–Crippen MR) is 106 cm³/mol. The van der Waals surface area contributed by atoms with Crippen molar-refractivity contribution in [3.05, 3.63) is 56.7 Å². The predicted octanol–water partition coefficient (Wildman–Crippen LogP) is 5.30. The molecular formula is C18H17Br2FN2O3. The number of hydrogen-bond acceptors (Lipinski definition) is 3. The molecule has 0 aliphatic rings. The molecule has 2 aromatic rings. The van der Waals surface area contributed by atoms with Crippen LogP contribution in [-0.4, -0.2) is 18.9 Å². The summed E-state index contributed by atoms with van der Waals surface area (Å²) in [6.45, 7) is 2.37. The van der Waals surface area contributed by atoms with E-state index in [2.05, 4.69) is 37.2 Å². The Morgan fingerprint density at radius 1 is 1.27 bits per heavy atom. The lowest BCUT2D eigenvalue weighted by Crippen LogP contribution is -2.25. The maximum Gasteiger partial charge on any atom is 0.257 e. The first-order valence-corrected chi connectivity index (χ1v) is 9.48. The first kappa shape index (κ1) is 20.5. The van der Waals surface area contributed by atoms with E-state index >= 15 is 0 Å². The van der Waals surface area contributed by atoms with Crippen molar-refractivity contribution in [2.24, 2.45) is 0 Å². The van der Waals surface area contributed by atoms with Gasteiger partial charge in [0.2, 0.25) is 6.41 Å². The van der Waals surface area contributed by atoms with E-state index in [0.717, 1.165) is 17.9 Å². The number of anilines is 2. The summed E-state index contributed by atoms with van der Waals surface area (Å²) < 4.78 is 14.2. The number of nitrogens with zero attached hydrogens (tertiary/aromatic N) is 1. The molecule has 0 spiro atoms. The highest BCUT2D eigenvalue weighted by atomic mass is 79.9. The van der Waals surface area contributed by atoms with Gasteiger partial charge in [-0.1, -0.05) is 25.5 Å². The third kappa shape index (κ3) is 5.12. The number of unbranched alkanes of at least 4 members (excludes halogenated alkanes) is 1. The van der Waals surface area contributed by atoms with Gasteiger partial charge in [-0.05, 0) is 62.5 Å². The van der Waals surface area contributed by atoms with E-state index in [4.69, 9.17) is 4.84 Å². The van der Waals surface area contributed by atoms with Crippen LogP contribution in [0.1, 0.15) is 30.1 Å². The number of para-hydroxylation sites is 1. The van der Waals surface area contributed by atoms with E-state index in [1.165, 1.54) is 12.1 Å². The fraction of sp³-hybridized carbons (Fsp3) is 0.222. The Hall–Kier alpha value is -1.77. The molecule has 8 heteroatoms. The lowest BCUT2D eigenvalue weighted by Gasteiger charge is -2.20. The molecule has 2 rings (SSSR count). The van der Waals surface area contributed by atoms with Gasteiger partial charge >= 0.3 is 0 Å². The number of nitrogens with one attached hydrogen (secondary N) is 1. The summed E-state index contributed by atoms with van der Waals surface area (Å²) in [5.74, 6) is -0.904. The second-order valence-corrected chi connectivity index (χ2v) is 7.04. The molecule has 5 nitrogen and oxygen atoms in total. The molecule has 2 amide bonds. The Labute approximate surface area is 167 Å². The van der Waals surface area contributed by atoms with Crippen LogP contribution in [0.4, 0.5) is 15.8 Å². The normalized spacial score (nSPS) is 10.5. The van der Waals surface area contributed by atoms with Crippen molar-refractivity contribution in [3.8, 4) is 0 Å². The van der Waals surface area contributed by atoms with Crippen LogP contribution in [0.2, 0.25) is 0 Å². The average Bonchev–Trinajstić information content (AvgIpc) is 2.62. The monoisotopic (exact) mass is 486 g/mol. The molecule has 138 valence electrons. The molecule has 26 heavy (non-hydrogen) atoms. The van der Waals surface area contributed by atoms with E-state index in [1.54, 1.807) is 24.3 Å². The minimum Gasteiger partial charge on any atom is -0.320 e. The smallest absolute Gasteiger partial charge is 0.257 e. The van der Waals surface area contributed by atoms with Crippen molar-refractivity contribution in [3.63, 3.8) is 0 Å². The van der Waals surface area contributed by atoms with Crippen LogP contribution < -0.4 is 10.4 Å². The molecule has 0 heterocycles. The summed E-state index contributed by atoms with van der Waals surface area (Å²) in [5.41, 5.74) is 0.959. The van der Waals surface area contributed by atoms with E-state index < -0.39 is 11.7 Å². The van der Waals surface area contributed by atoms with E-state index in [-0.39, 0.29) is 5.56 Å². The lowest BCUT2D eigenvalue weighted by molar-refractivity contribution is -0.114. The second-order valence-electron chi connectivity index (χ2n) is 5.33. The zero-order valence-electron chi connectivity index (χ0n) is 14.0. The minimum atomic E-state index is -0.459. The summed E-state index contributed by atoms with van der Waals surface area (Å²) in [6.07, 6.45) is 2.22. The summed E-state index contributed by atoms with van der Waals surface area (Å²) >= 11 is 6.45. The van der Waals surface area contributed by atoms with Gasteiger partial charge < -0.3 is 5.32 Å². The number of amides is 2. The molecule has 0 aliphatic heterocycles. The standard InChI is InChI=1S/C18H17Br2FN2O3/c1-2-3-8-26-23(11-24)16-7-5-4-6-13(16)18(25)22-17-14(19)9-12(21)10-15(17)20/h4-7,9-11H,2-3,8H2,1H3,(H,22,25). The molecule has 0 radical (unpaired) electrons. The Balaban J connectivity index is 2.28. The largest absolute Gasteiger partial charge is 0.320 e. The van der Waals surface area contributed by atoms with Crippen LogP contribution in [-0.2, 0) is 9.63 Å². The first-order valence-electron chi connectivity index (χ1n) is 7.90. The van der Waals surface area contributed by atoms with Crippen LogP contribution >= 0.6 is 31.9 Å². The Kier molecular flexibility index (Phi) is 7.74. The number of rotatable bonds is 8. The average molecular weight is 488 g/mol. The highest BCUT2D eigenvalue weighted by Gasteiger charge is 2.19. The third-order valence-electron chi connectivity index (χ3n) is 3.46. The first-order chi connectivity index (χ1) is 12.5. The van der Waals surface area contributed by atoms with E-state index in [9.17, 15) is 14.0 Å². The summed E-state index contributed by atoms with van der Waals surface area (Å²) in [7, 11) is 0. The number of benzene rings is 2. The molecule has 0 saturated carbocycles. The fourth-order valence-corrected chi connectivity index (χ4v) is 3.49. The molecule has 1 N–H and O–H groups in total. The number of hydrogen-bond donors (Lipinski definition) is 1. The van der Waals surface area contributed by atoms with Crippen LogP contribution in [0, 0.1) is 5.82 Å². The fourth-order valence-electron chi connectivity index (χ4n) is 2.16. The van der Waals surface area contributed by atoms with Gasteiger partial charge in [-0.15, -0.1) is 0 Å². The summed E-state index contributed by atoms with van der Waals surface area (Å²) in [6, 6.07) is 9.08. The van der Waals surface area contributed by atoms with Crippen molar-refractivity contribution in [1.82, 2.24) is 0 Å². The molecule has 0 fully saturated rings. The molecular weight excluding hydrogens is 471 g/mol. The van der Waals surface area contributed by atoms with Gasteiger partial charge in [-0.25, -0.2) is 4.39 Å². The zero-order valence-corrected chi connectivity index (χ0v) is 17.1. The Morgan fingerprint density at radius 2 is 1.92 bits per heavy atom. The van der Waals surface area contributed by atoms with Gasteiger partial charge in [-0.2, -0.15) is 5.06 Å². The van der Waals surface area contributed by atoms with E-state index in [0.29, 0.717) is 33.3 Å². The van der Waals surface area contributed by atoms with Gasteiger partial charge in [-0.3, -0.25) is 14.4 Å². The molecule has 0 atom stereocenters. The lowest BCUT2D eigenvalue weighted by atomic mass is 10.1. The van der Waals surface area contributed by atoms with E-state index in [1.807, 2.05) is 6.92 Å². The zero-order chi connectivity index (χ0) is 19.1. The van der Waals surface area contributed by atoms with Gasteiger partial charge in [0.15, 0.2) is 0 Å². The quantitative estimate of drug-likeness (QED) is 0.312. The maximum atomic E-state index is 13.4. The van der Waals surface area contributed by atoms with Gasteiger partial charge in [0.25, 0.3) is 5.91 Å². The van der Waals surface area contributed by atoms with Crippen molar-refractivity contribution in [1.29, 1.82) is 0 Å². The molecule has 0 unspecified atom stereocenters. The van der Waals surface area contributed by atoms with Crippen LogP contribution in [0.3, 0.4) is 0 Å². The maximum absolute atomic E-state index is 13.4. The third-order valence-corrected chi connectivity index (χ3v) is 4.71. The number of halogens is 3. The number of carbonyl (C=O) groups excluding carboxylic acids is 2. The number of hydroxylamine groups is 1. The summed E-state index contributed by atoms with van der Waals surface area (Å²) in [5, 5.41) is 3.75. The van der Waals surface area contributed by atoms with Crippen molar-refractivity contribution < 1.29 is 18.8 Å². The van der Waals surface area contributed by atoms with Crippen LogP contribution in [0.15, 0.2) is 45.3 Å². The molecule has 0 bridgehead atoms. The second kappa shape index (κ2) is 9.80. The van der Waals surface area contributed by atoms with Gasteiger partial charge in [0, 0.05) is 8.95 Å². The Morgan fingerprint density at radius 3 is 2.54 bits per heavy atom. The van der Waals surface area contributed by atoms with Crippen molar-refractivity contribution in [2.75, 3.05) is 17.0 Å². The van der Waals surface area contributed by atoms with Crippen molar-refractivity contribution in [2.45, 2.75) is 19.8 Å². The highest BCUT2D eigenvalue weighted by Crippen LogP contribution is 2.33. The Bertz CT molecular complexity index is 779. The van der Waals surface area contributed by atoms with Gasteiger partial charge in [0.05, 0.1) is 23.5 Å². The topological polar surface area (TPSA) is 58.6 Å². The molecule has 0 aliphatic carbocycles. The highest BCUT2D eigenvalue weighted by molar-refractivity contribution is 9.11. The molecule has 2 aromatic carbocycles. The summed E-state index contributed by atoms with van der Waals surface area (Å²) in [4.78, 5) is 29.6. The minimum absolute atomic E-state index is 0.249. The SMILES string of the molecule is CCCCON(C=O)c1ccccc1C(=O)Nc1c(Br)cc(F)cc1Br. The van der Waals surface area contributed by atoms with Gasteiger partial charge in [0.1, 0.15) is 5.82 Å². The van der Waals surface area contributed by atoms with Crippen molar-refractivity contribution >= 4 is 55.6 Å². The van der Waals surface area contributed by atoms with Crippen LogP contribution in [0.5, 0.6) is 0 Å². The number of carbonyl (C=O) groups is 2.